The summed E-state index contributed by atoms with van der Waals surface area (Å²) in [5.74, 6) is 0.414. The maximum absolute atomic E-state index is 9.47. The van der Waals surface area contributed by atoms with Crippen molar-refractivity contribution in [2.24, 2.45) is 0 Å². The zero-order chi connectivity index (χ0) is 9.84. The number of benzene rings is 1. The van der Waals surface area contributed by atoms with Crippen LogP contribution in [-0.2, 0) is 0 Å². The SMILES string of the molecule is Nc1cc(Cl)cc(C=CCCl)c1O. The first-order valence-electron chi connectivity index (χ1n) is 3.65. The van der Waals surface area contributed by atoms with Crippen LogP contribution in [0.25, 0.3) is 6.08 Å². The zero-order valence-corrected chi connectivity index (χ0v) is 8.31. The molecule has 0 saturated carbocycles. The molecule has 0 bridgehead atoms. The standard InChI is InChI=1S/C9H9Cl2NO/c10-3-1-2-6-4-7(11)5-8(12)9(6)13/h1-2,4-5,13H,3,12H2. The van der Waals surface area contributed by atoms with Gasteiger partial charge in [-0.2, -0.15) is 0 Å². The van der Waals surface area contributed by atoms with Crippen LogP contribution in [0.4, 0.5) is 5.69 Å². The molecule has 2 nitrogen and oxygen atoms in total. The van der Waals surface area contributed by atoms with Crippen molar-refractivity contribution in [1.29, 1.82) is 0 Å². The zero-order valence-electron chi connectivity index (χ0n) is 6.80. The van der Waals surface area contributed by atoms with Crippen molar-refractivity contribution < 1.29 is 5.11 Å². The smallest absolute Gasteiger partial charge is 0.145 e. The number of anilines is 1. The highest BCUT2D eigenvalue weighted by Gasteiger charge is 2.03. The maximum atomic E-state index is 9.47. The van der Waals surface area contributed by atoms with Gasteiger partial charge in [0.2, 0.25) is 0 Å². The van der Waals surface area contributed by atoms with E-state index in [0.29, 0.717) is 16.5 Å². The van der Waals surface area contributed by atoms with Crippen LogP contribution in [-0.4, -0.2) is 11.0 Å². The van der Waals surface area contributed by atoms with Crippen LogP contribution < -0.4 is 5.73 Å². The van der Waals surface area contributed by atoms with Crippen molar-refractivity contribution in [1.82, 2.24) is 0 Å². The molecular weight excluding hydrogens is 209 g/mol. The molecule has 1 aromatic rings. The van der Waals surface area contributed by atoms with Crippen molar-refractivity contribution in [3.63, 3.8) is 0 Å². The molecule has 0 aliphatic rings. The van der Waals surface area contributed by atoms with Gasteiger partial charge in [-0.3, -0.25) is 0 Å². The topological polar surface area (TPSA) is 46.2 Å². The van der Waals surface area contributed by atoms with Gasteiger partial charge in [0.15, 0.2) is 0 Å². The van der Waals surface area contributed by atoms with Gasteiger partial charge in [-0.05, 0) is 12.1 Å². The fraction of sp³-hybridized carbons (Fsp3) is 0.111. The molecule has 0 atom stereocenters. The predicted octanol–water partition coefficient (Wildman–Crippen LogP) is 2.88. The Kier molecular flexibility index (Phi) is 3.46. The average molecular weight is 218 g/mol. The number of phenolic OH excluding ortho intramolecular Hbond substituents is 1. The van der Waals surface area contributed by atoms with E-state index in [0.717, 1.165) is 0 Å². The Morgan fingerprint density at radius 3 is 2.77 bits per heavy atom. The maximum Gasteiger partial charge on any atom is 0.145 e. The molecule has 0 spiro atoms. The van der Waals surface area contributed by atoms with Crippen LogP contribution in [0.3, 0.4) is 0 Å². The van der Waals surface area contributed by atoms with Crippen LogP contribution in [0.15, 0.2) is 18.2 Å². The molecule has 1 rings (SSSR count). The Hall–Kier alpha value is -0.860. The Morgan fingerprint density at radius 1 is 1.46 bits per heavy atom. The summed E-state index contributed by atoms with van der Waals surface area (Å²) in [6.07, 6.45) is 3.37. The molecule has 0 aromatic heterocycles. The van der Waals surface area contributed by atoms with Gasteiger partial charge in [-0.15, -0.1) is 11.6 Å². The lowest BCUT2D eigenvalue weighted by Crippen LogP contribution is -1.87. The van der Waals surface area contributed by atoms with Crippen LogP contribution in [0, 0.1) is 0 Å². The van der Waals surface area contributed by atoms with Gasteiger partial charge in [0.05, 0.1) is 5.69 Å². The van der Waals surface area contributed by atoms with Gasteiger partial charge in [0.1, 0.15) is 5.75 Å². The Morgan fingerprint density at radius 2 is 2.15 bits per heavy atom. The highest BCUT2D eigenvalue weighted by molar-refractivity contribution is 6.31. The van der Waals surface area contributed by atoms with E-state index in [4.69, 9.17) is 28.9 Å². The molecule has 0 heterocycles. The van der Waals surface area contributed by atoms with Gasteiger partial charge >= 0.3 is 0 Å². The van der Waals surface area contributed by atoms with Crippen molar-refractivity contribution in [3.05, 3.63) is 28.8 Å². The Balaban J connectivity index is 3.12. The van der Waals surface area contributed by atoms with Gasteiger partial charge in [0.25, 0.3) is 0 Å². The summed E-state index contributed by atoms with van der Waals surface area (Å²) in [6.45, 7) is 0. The van der Waals surface area contributed by atoms with Crippen molar-refractivity contribution in [2.75, 3.05) is 11.6 Å². The molecule has 0 aliphatic heterocycles. The summed E-state index contributed by atoms with van der Waals surface area (Å²) >= 11 is 11.2. The third kappa shape index (κ3) is 2.54. The van der Waals surface area contributed by atoms with E-state index in [9.17, 15) is 5.11 Å². The predicted molar refractivity (Wildman–Crippen MR) is 57.3 cm³/mol. The normalized spacial score (nSPS) is 10.9. The number of hydrogen-bond donors (Lipinski definition) is 2. The summed E-state index contributed by atoms with van der Waals surface area (Å²) in [5.41, 5.74) is 6.33. The molecule has 0 aliphatic carbocycles. The van der Waals surface area contributed by atoms with Crippen molar-refractivity contribution in [2.45, 2.75) is 0 Å². The number of aromatic hydroxyl groups is 1. The lowest BCUT2D eigenvalue weighted by atomic mass is 10.1. The highest BCUT2D eigenvalue weighted by atomic mass is 35.5. The molecule has 0 amide bonds. The summed E-state index contributed by atoms with van der Waals surface area (Å²) in [7, 11) is 0. The lowest BCUT2D eigenvalue weighted by molar-refractivity contribution is 0.477. The first kappa shape index (κ1) is 10.2. The minimum absolute atomic E-state index is 0.0331. The van der Waals surface area contributed by atoms with Crippen LogP contribution in [0.2, 0.25) is 5.02 Å². The molecule has 4 heteroatoms. The quantitative estimate of drug-likeness (QED) is 0.455. The molecular formula is C9H9Cl2NO. The molecule has 0 radical (unpaired) electrons. The molecule has 1 aromatic carbocycles. The number of hydrogen-bond acceptors (Lipinski definition) is 2. The fourth-order valence-electron chi connectivity index (χ4n) is 0.941. The van der Waals surface area contributed by atoms with E-state index in [1.165, 1.54) is 6.07 Å². The van der Waals surface area contributed by atoms with E-state index >= 15 is 0 Å². The van der Waals surface area contributed by atoms with E-state index < -0.39 is 0 Å². The second kappa shape index (κ2) is 4.40. The van der Waals surface area contributed by atoms with Crippen molar-refractivity contribution >= 4 is 35.0 Å². The first-order valence-corrected chi connectivity index (χ1v) is 4.57. The number of nitrogens with two attached hydrogens (primary N) is 1. The largest absolute Gasteiger partial charge is 0.505 e. The molecule has 3 N–H and O–H groups in total. The lowest BCUT2D eigenvalue weighted by Gasteiger charge is -2.03. The molecule has 13 heavy (non-hydrogen) atoms. The van der Waals surface area contributed by atoms with Crippen LogP contribution in [0.1, 0.15) is 5.56 Å². The van der Waals surface area contributed by atoms with E-state index in [-0.39, 0.29) is 11.4 Å². The van der Waals surface area contributed by atoms with Crippen LogP contribution in [0.5, 0.6) is 5.75 Å². The van der Waals surface area contributed by atoms with Gasteiger partial charge in [-0.25, -0.2) is 0 Å². The van der Waals surface area contributed by atoms with Crippen molar-refractivity contribution in [3.8, 4) is 5.75 Å². The monoisotopic (exact) mass is 217 g/mol. The van der Waals surface area contributed by atoms with E-state index in [2.05, 4.69) is 0 Å². The number of halogens is 2. The highest BCUT2D eigenvalue weighted by Crippen LogP contribution is 2.29. The molecule has 0 unspecified atom stereocenters. The van der Waals surface area contributed by atoms with Gasteiger partial charge in [-0.1, -0.05) is 23.8 Å². The number of phenols is 1. The van der Waals surface area contributed by atoms with Crippen LogP contribution >= 0.6 is 23.2 Å². The third-order valence-electron chi connectivity index (χ3n) is 1.52. The molecule has 0 saturated heterocycles. The molecule has 70 valence electrons. The number of allylic oxidation sites excluding steroid dienone is 1. The first-order chi connectivity index (χ1) is 6.15. The number of nitrogen functional groups attached to an aromatic ring is 1. The minimum atomic E-state index is 0.0331. The van der Waals surface area contributed by atoms with Gasteiger partial charge in [0, 0.05) is 16.5 Å². The summed E-state index contributed by atoms with van der Waals surface area (Å²) in [4.78, 5) is 0. The van der Waals surface area contributed by atoms with E-state index in [1.807, 2.05) is 0 Å². The summed E-state index contributed by atoms with van der Waals surface area (Å²) < 4.78 is 0. The Bertz CT molecular complexity index is 337. The number of alkyl halides is 1. The second-order valence-corrected chi connectivity index (χ2v) is 3.23. The summed E-state index contributed by atoms with van der Waals surface area (Å²) in [5, 5.41) is 9.96. The van der Waals surface area contributed by atoms with E-state index in [1.54, 1.807) is 18.2 Å². The average Bonchev–Trinajstić information content (AvgIpc) is 2.09. The third-order valence-corrected chi connectivity index (χ3v) is 1.92. The number of rotatable bonds is 2. The van der Waals surface area contributed by atoms with Gasteiger partial charge < -0.3 is 10.8 Å². The molecule has 0 fully saturated rings. The Labute approximate surface area is 86.6 Å². The second-order valence-electron chi connectivity index (χ2n) is 2.49. The fourth-order valence-corrected chi connectivity index (χ4v) is 1.26. The minimum Gasteiger partial charge on any atom is -0.505 e. The summed E-state index contributed by atoms with van der Waals surface area (Å²) in [6, 6.07) is 3.12.